The lowest BCUT2D eigenvalue weighted by molar-refractivity contribution is -0.121. The van der Waals surface area contributed by atoms with E-state index in [0.29, 0.717) is 23.9 Å². The molecule has 27 heavy (non-hydrogen) atoms. The van der Waals surface area contributed by atoms with Crippen LogP contribution in [-0.2, 0) is 16.0 Å². The van der Waals surface area contributed by atoms with Crippen LogP contribution in [0.5, 0.6) is 5.75 Å². The first-order valence-electron chi connectivity index (χ1n) is 9.16. The number of anilines is 1. The van der Waals surface area contributed by atoms with E-state index in [1.807, 2.05) is 31.2 Å². The largest absolute Gasteiger partial charge is 0.494 e. The van der Waals surface area contributed by atoms with E-state index in [2.05, 4.69) is 5.32 Å². The molecule has 0 radical (unpaired) electrons. The van der Waals surface area contributed by atoms with Gasteiger partial charge in [0, 0.05) is 5.02 Å². The number of rotatable bonds is 8. The van der Waals surface area contributed by atoms with Gasteiger partial charge >= 0.3 is 0 Å². The molecule has 3 rings (SSSR count). The van der Waals surface area contributed by atoms with Gasteiger partial charge in [0.15, 0.2) is 0 Å². The number of imide groups is 1. The summed E-state index contributed by atoms with van der Waals surface area (Å²) in [6.45, 7) is 3.29. The third-order valence-electron chi connectivity index (χ3n) is 4.43. The third kappa shape index (κ3) is 4.87. The van der Waals surface area contributed by atoms with Crippen LogP contribution in [0.25, 0.3) is 0 Å². The lowest BCUT2D eigenvalue weighted by Gasteiger charge is -2.16. The topological polar surface area (TPSA) is 58.6 Å². The van der Waals surface area contributed by atoms with Crippen LogP contribution in [0.3, 0.4) is 0 Å². The highest BCUT2D eigenvalue weighted by molar-refractivity contribution is 6.30. The summed E-state index contributed by atoms with van der Waals surface area (Å²) in [4.78, 5) is 26.3. The molecule has 0 aromatic heterocycles. The molecule has 142 valence electrons. The number of benzene rings is 2. The van der Waals surface area contributed by atoms with Gasteiger partial charge in [0.05, 0.1) is 24.8 Å². The molecule has 2 aromatic carbocycles. The Labute approximate surface area is 164 Å². The summed E-state index contributed by atoms with van der Waals surface area (Å²) in [6, 6.07) is 14.2. The first kappa shape index (κ1) is 19.4. The number of carbonyl (C=O) groups is 2. The molecular weight excluding hydrogens is 364 g/mol. The fourth-order valence-corrected chi connectivity index (χ4v) is 3.14. The summed E-state index contributed by atoms with van der Waals surface area (Å²) < 4.78 is 5.54. The van der Waals surface area contributed by atoms with Gasteiger partial charge in [-0.05, 0) is 61.3 Å². The van der Waals surface area contributed by atoms with E-state index in [9.17, 15) is 9.59 Å². The first-order valence-corrected chi connectivity index (χ1v) is 9.53. The standard InChI is InChI=1S/C21H23ClN2O3/c1-2-13-27-18-9-7-17(8-10-18)24-20(25)14-19(21(24)26)23-12-11-15-3-5-16(22)6-4-15/h3-10,19,23H,2,11-14H2,1H3/t19-/m0/s1. The minimum atomic E-state index is -0.485. The molecule has 1 atom stereocenters. The molecule has 0 bridgehead atoms. The van der Waals surface area contributed by atoms with E-state index in [0.717, 1.165) is 24.2 Å². The molecule has 0 aliphatic carbocycles. The van der Waals surface area contributed by atoms with Gasteiger partial charge in [0.2, 0.25) is 5.91 Å². The van der Waals surface area contributed by atoms with Crippen LogP contribution in [0, 0.1) is 0 Å². The Hall–Kier alpha value is -2.37. The molecule has 0 spiro atoms. The summed E-state index contributed by atoms with van der Waals surface area (Å²) in [6.07, 6.45) is 1.86. The van der Waals surface area contributed by atoms with Crippen LogP contribution in [-0.4, -0.2) is 31.0 Å². The Morgan fingerprint density at radius 3 is 2.48 bits per heavy atom. The number of halogens is 1. The fourth-order valence-electron chi connectivity index (χ4n) is 3.02. The molecule has 1 heterocycles. The molecule has 1 N–H and O–H groups in total. The third-order valence-corrected chi connectivity index (χ3v) is 4.68. The summed E-state index contributed by atoms with van der Waals surface area (Å²) in [5.41, 5.74) is 1.71. The molecule has 1 aliphatic rings. The molecule has 0 saturated carbocycles. The molecule has 1 fully saturated rings. The van der Waals surface area contributed by atoms with Crippen molar-refractivity contribution in [3.8, 4) is 5.75 Å². The second-order valence-electron chi connectivity index (χ2n) is 6.50. The average molecular weight is 387 g/mol. The van der Waals surface area contributed by atoms with Crippen molar-refractivity contribution in [3.05, 3.63) is 59.1 Å². The van der Waals surface area contributed by atoms with Crippen LogP contribution in [0.2, 0.25) is 5.02 Å². The van der Waals surface area contributed by atoms with Gasteiger partial charge in [-0.25, -0.2) is 4.90 Å². The number of nitrogens with zero attached hydrogens (tertiary/aromatic N) is 1. The quantitative estimate of drug-likeness (QED) is 0.704. The van der Waals surface area contributed by atoms with E-state index in [4.69, 9.17) is 16.3 Å². The Bertz CT molecular complexity index is 790. The van der Waals surface area contributed by atoms with Crippen molar-refractivity contribution in [3.63, 3.8) is 0 Å². The van der Waals surface area contributed by atoms with Crippen LogP contribution >= 0.6 is 11.6 Å². The number of ether oxygens (including phenoxy) is 1. The summed E-state index contributed by atoms with van der Waals surface area (Å²) in [7, 11) is 0. The van der Waals surface area contributed by atoms with Crippen molar-refractivity contribution in [2.45, 2.75) is 32.2 Å². The van der Waals surface area contributed by atoms with Gasteiger partial charge in [0.1, 0.15) is 5.75 Å². The van der Waals surface area contributed by atoms with Crippen LogP contribution in [0.4, 0.5) is 5.69 Å². The van der Waals surface area contributed by atoms with E-state index >= 15 is 0 Å². The second-order valence-corrected chi connectivity index (χ2v) is 6.93. The summed E-state index contributed by atoms with van der Waals surface area (Å²) in [5, 5.41) is 3.89. The fraction of sp³-hybridized carbons (Fsp3) is 0.333. The zero-order valence-electron chi connectivity index (χ0n) is 15.3. The zero-order chi connectivity index (χ0) is 19.2. The lowest BCUT2D eigenvalue weighted by Crippen LogP contribution is -2.39. The van der Waals surface area contributed by atoms with E-state index in [-0.39, 0.29) is 18.2 Å². The maximum atomic E-state index is 12.7. The van der Waals surface area contributed by atoms with Crippen molar-refractivity contribution < 1.29 is 14.3 Å². The van der Waals surface area contributed by atoms with Crippen LogP contribution in [0.15, 0.2) is 48.5 Å². The Kier molecular flexibility index (Phi) is 6.48. The SMILES string of the molecule is CCCOc1ccc(N2C(=O)C[C@H](NCCc3ccc(Cl)cc3)C2=O)cc1. The smallest absolute Gasteiger partial charge is 0.251 e. The normalized spacial score (nSPS) is 16.8. The zero-order valence-corrected chi connectivity index (χ0v) is 16.0. The van der Waals surface area contributed by atoms with E-state index < -0.39 is 6.04 Å². The molecule has 1 aliphatic heterocycles. The average Bonchev–Trinajstić information content (AvgIpc) is 2.96. The summed E-state index contributed by atoms with van der Waals surface area (Å²) in [5.74, 6) is 0.335. The first-order chi connectivity index (χ1) is 13.1. The maximum absolute atomic E-state index is 12.7. The number of carbonyl (C=O) groups excluding carboxylic acids is 2. The Balaban J connectivity index is 1.56. The molecule has 6 heteroatoms. The van der Waals surface area contributed by atoms with E-state index in [1.54, 1.807) is 24.3 Å². The van der Waals surface area contributed by atoms with Gasteiger partial charge in [-0.1, -0.05) is 30.7 Å². The van der Waals surface area contributed by atoms with Gasteiger partial charge < -0.3 is 10.1 Å². The molecular formula is C21H23ClN2O3. The highest BCUT2D eigenvalue weighted by Gasteiger charge is 2.39. The number of amides is 2. The van der Waals surface area contributed by atoms with Crippen molar-refractivity contribution in [1.82, 2.24) is 5.32 Å². The van der Waals surface area contributed by atoms with Crippen LogP contribution < -0.4 is 15.0 Å². The van der Waals surface area contributed by atoms with E-state index in [1.165, 1.54) is 4.90 Å². The number of nitrogens with one attached hydrogen (secondary N) is 1. The molecule has 2 amide bonds. The minimum Gasteiger partial charge on any atom is -0.494 e. The molecule has 5 nitrogen and oxygen atoms in total. The number of hydrogen-bond donors (Lipinski definition) is 1. The predicted octanol–water partition coefficient (Wildman–Crippen LogP) is 3.59. The van der Waals surface area contributed by atoms with Gasteiger partial charge in [-0.3, -0.25) is 9.59 Å². The highest BCUT2D eigenvalue weighted by Crippen LogP contribution is 2.25. The maximum Gasteiger partial charge on any atom is 0.251 e. The molecule has 1 saturated heterocycles. The highest BCUT2D eigenvalue weighted by atomic mass is 35.5. The summed E-state index contributed by atoms with van der Waals surface area (Å²) >= 11 is 5.88. The Morgan fingerprint density at radius 1 is 1.11 bits per heavy atom. The minimum absolute atomic E-state index is 0.174. The van der Waals surface area contributed by atoms with Gasteiger partial charge in [-0.15, -0.1) is 0 Å². The van der Waals surface area contributed by atoms with Crippen molar-refractivity contribution in [2.24, 2.45) is 0 Å². The van der Waals surface area contributed by atoms with Crippen LogP contribution in [0.1, 0.15) is 25.3 Å². The lowest BCUT2D eigenvalue weighted by atomic mass is 10.1. The van der Waals surface area contributed by atoms with Crippen molar-refractivity contribution in [2.75, 3.05) is 18.1 Å². The monoisotopic (exact) mass is 386 g/mol. The van der Waals surface area contributed by atoms with Gasteiger partial charge in [0.25, 0.3) is 5.91 Å². The van der Waals surface area contributed by atoms with Gasteiger partial charge in [-0.2, -0.15) is 0 Å². The van der Waals surface area contributed by atoms with Crippen molar-refractivity contribution in [1.29, 1.82) is 0 Å². The second kappa shape index (κ2) is 9.02. The van der Waals surface area contributed by atoms with Crippen molar-refractivity contribution >= 4 is 29.1 Å². The predicted molar refractivity (Wildman–Crippen MR) is 106 cm³/mol. The molecule has 2 aromatic rings. The number of hydrogen-bond acceptors (Lipinski definition) is 4. The Morgan fingerprint density at radius 2 is 1.81 bits per heavy atom. The molecule has 0 unspecified atom stereocenters.